The zero-order valence-electron chi connectivity index (χ0n) is 13.8. The summed E-state index contributed by atoms with van der Waals surface area (Å²) >= 11 is 0. The Balaban J connectivity index is 1.80. The molecule has 5 nitrogen and oxygen atoms in total. The quantitative estimate of drug-likeness (QED) is 0.934. The molecule has 0 spiro atoms. The maximum Gasteiger partial charge on any atom is 0.324 e. The van der Waals surface area contributed by atoms with Gasteiger partial charge in [-0.05, 0) is 32.0 Å². The SMILES string of the molecule is Cc1ccc(Oc2ccccc2CN2C(=O)C[C@@H](C)NC2=O)cc1. The lowest BCUT2D eigenvalue weighted by Gasteiger charge is -2.29. The number of aryl methyl sites for hydroxylation is 1. The Morgan fingerprint density at radius 2 is 1.83 bits per heavy atom. The van der Waals surface area contributed by atoms with E-state index in [0.717, 1.165) is 16.9 Å². The number of imide groups is 1. The summed E-state index contributed by atoms with van der Waals surface area (Å²) in [5.74, 6) is 1.19. The average Bonchev–Trinajstić information content (AvgIpc) is 2.54. The smallest absolute Gasteiger partial charge is 0.324 e. The monoisotopic (exact) mass is 324 g/mol. The highest BCUT2D eigenvalue weighted by Gasteiger charge is 2.30. The number of carbonyl (C=O) groups is 2. The summed E-state index contributed by atoms with van der Waals surface area (Å²) in [6.07, 6.45) is 0.312. The van der Waals surface area contributed by atoms with Gasteiger partial charge in [-0.15, -0.1) is 0 Å². The summed E-state index contributed by atoms with van der Waals surface area (Å²) in [6.45, 7) is 4.03. The normalized spacial score (nSPS) is 17.6. The van der Waals surface area contributed by atoms with Crippen LogP contribution in [0.3, 0.4) is 0 Å². The van der Waals surface area contributed by atoms with Gasteiger partial charge in [0, 0.05) is 18.0 Å². The van der Waals surface area contributed by atoms with E-state index in [9.17, 15) is 9.59 Å². The molecule has 5 heteroatoms. The third-order valence-electron chi connectivity index (χ3n) is 3.95. The van der Waals surface area contributed by atoms with Crippen molar-refractivity contribution in [3.63, 3.8) is 0 Å². The number of hydrogen-bond donors (Lipinski definition) is 1. The van der Waals surface area contributed by atoms with Gasteiger partial charge in [0.15, 0.2) is 0 Å². The predicted octanol–water partition coefficient (Wildman–Crippen LogP) is 3.62. The molecule has 0 bridgehead atoms. The first-order valence-corrected chi connectivity index (χ1v) is 7.96. The molecule has 24 heavy (non-hydrogen) atoms. The average molecular weight is 324 g/mol. The van der Waals surface area contributed by atoms with E-state index in [0.29, 0.717) is 12.2 Å². The zero-order valence-corrected chi connectivity index (χ0v) is 13.8. The molecule has 0 aromatic heterocycles. The molecule has 0 radical (unpaired) electrons. The molecule has 2 aromatic carbocycles. The van der Waals surface area contributed by atoms with Crippen molar-refractivity contribution in [1.29, 1.82) is 0 Å². The van der Waals surface area contributed by atoms with Gasteiger partial charge in [-0.2, -0.15) is 0 Å². The van der Waals surface area contributed by atoms with Crippen molar-refractivity contribution in [2.75, 3.05) is 0 Å². The fourth-order valence-electron chi connectivity index (χ4n) is 2.62. The highest BCUT2D eigenvalue weighted by atomic mass is 16.5. The zero-order chi connectivity index (χ0) is 17.1. The molecule has 1 fully saturated rings. The van der Waals surface area contributed by atoms with E-state index in [2.05, 4.69) is 5.32 Å². The second kappa shape index (κ2) is 6.74. The Bertz CT molecular complexity index is 737. The van der Waals surface area contributed by atoms with Crippen LogP contribution in [-0.2, 0) is 11.3 Å². The van der Waals surface area contributed by atoms with Crippen LogP contribution in [0.25, 0.3) is 0 Å². The number of amides is 3. The van der Waals surface area contributed by atoms with E-state index in [4.69, 9.17) is 4.74 Å². The van der Waals surface area contributed by atoms with Crippen LogP contribution in [0.2, 0.25) is 0 Å². The van der Waals surface area contributed by atoms with E-state index >= 15 is 0 Å². The number of nitrogens with one attached hydrogen (secondary N) is 1. The lowest BCUT2D eigenvalue weighted by Crippen LogP contribution is -2.53. The lowest BCUT2D eigenvalue weighted by molar-refractivity contribution is -0.130. The van der Waals surface area contributed by atoms with Crippen LogP contribution < -0.4 is 10.1 Å². The van der Waals surface area contributed by atoms with Crippen LogP contribution >= 0.6 is 0 Å². The molecule has 1 heterocycles. The van der Waals surface area contributed by atoms with E-state index in [1.54, 1.807) is 0 Å². The Labute approximate surface area is 141 Å². The predicted molar refractivity (Wildman–Crippen MR) is 90.9 cm³/mol. The Hall–Kier alpha value is -2.82. The number of nitrogens with zero attached hydrogens (tertiary/aromatic N) is 1. The van der Waals surface area contributed by atoms with Crippen molar-refractivity contribution in [2.45, 2.75) is 32.9 Å². The molecule has 3 rings (SSSR count). The summed E-state index contributed by atoms with van der Waals surface area (Å²) in [5, 5.41) is 2.78. The summed E-state index contributed by atoms with van der Waals surface area (Å²) in [6, 6.07) is 14.7. The molecular formula is C19H20N2O3. The third kappa shape index (κ3) is 3.56. The van der Waals surface area contributed by atoms with E-state index in [1.165, 1.54) is 4.90 Å². The molecule has 0 aliphatic carbocycles. The van der Waals surface area contributed by atoms with Gasteiger partial charge >= 0.3 is 6.03 Å². The van der Waals surface area contributed by atoms with Crippen molar-refractivity contribution >= 4 is 11.9 Å². The fraction of sp³-hybridized carbons (Fsp3) is 0.263. The maximum absolute atomic E-state index is 12.2. The van der Waals surface area contributed by atoms with Crippen LogP contribution in [0.1, 0.15) is 24.5 Å². The van der Waals surface area contributed by atoms with Gasteiger partial charge in [0.2, 0.25) is 5.91 Å². The molecule has 1 aliphatic rings. The minimum absolute atomic E-state index is 0.125. The van der Waals surface area contributed by atoms with Gasteiger partial charge in [0.25, 0.3) is 0 Å². The number of urea groups is 1. The highest BCUT2D eigenvalue weighted by molar-refractivity contribution is 5.97. The van der Waals surface area contributed by atoms with E-state index < -0.39 is 0 Å². The van der Waals surface area contributed by atoms with Gasteiger partial charge in [-0.1, -0.05) is 35.9 Å². The highest BCUT2D eigenvalue weighted by Crippen LogP contribution is 2.27. The number of para-hydroxylation sites is 1. The van der Waals surface area contributed by atoms with Crippen molar-refractivity contribution in [3.8, 4) is 11.5 Å². The number of benzene rings is 2. The first kappa shape index (κ1) is 16.1. The van der Waals surface area contributed by atoms with Crippen molar-refractivity contribution < 1.29 is 14.3 Å². The molecule has 1 atom stereocenters. The second-order valence-electron chi connectivity index (χ2n) is 6.06. The van der Waals surface area contributed by atoms with Crippen LogP contribution in [0.4, 0.5) is 4.79 Å². The van der Waals surface area contributed by atoms with Crippen LogP contribution in [-0.4, -0.2) is 22.9 Å². The minimum Gasteiger partial charge on any atom is -0.457 e. The van der Waals surface area contributed by atoms with Crippen LogP contribution in [0.15, 0.2) is 48.5 Å². The molecule has 3 amide bonds. The summed E-state index contributed by atoms with van der Waals surface area (Å²) < 4.78 is 5.93. The summed E-state index contributed by atoms with van der Waals surface area (Å²) in [5.41, 5.74) is 1.94. The van der Waals surface area contributed by atoms with Gasteiger partial charge in [0.1, 0.15) is 11.5 Å². The molecule has 0 unspecified atom stereocenters. The maximum atomic E-state index is 12.2. The number of carbonyl (C=O) groups excluding carboxylic acids is 2. The molecule has 124 valence electrons. The van der Waals surface area contributed by atoms with Crippen LogP contribution in [0, 0.1) is 6.92 Å². The summed E-state index contributed by atoms with van der Waals surface area (Å²) in [4.78, 5) is 25.5. The molecular weight excluding hydrogens is 304 g/mol. The Kier molecular flexibility index (Phi) is 4.51. The first-order chi connectivity index (χ1) is 11.5. The molecule has 2 aromatic rings. The van der Waals surface area contributed by atoms with Crippen molar-refractivity contribution in [1.82, 2.24) is 10.2 Å². The number of hydrogen-bond acceptors (Lipinski definition) is 3. The topological polar surface area (TPSA) is 58.6 Å². The van der Waals surface area contributed by atoms with E-state index in [1.807, 2.05) is 62.4 Å². The van der Waals surface area contributed by atoms with Gasteiger partial charge < -0.3 is 10.1 Å². The number of ether oxygens (including phenoxy) is 1. The molecule has 1 aliphatic heterocycles. The second-order valence-corrected chi connectivity index (χ2v) is 6.06. The van der Waals surface area contributed by atoms with Crippen molar-refractivity contribution in [2.24, 2.45) is 0 Å². The van der Waals surface area contributed by atoms with E-state index in [-0.39, 0.29) is 24.5 Å². The molecule has 1 saturated heterocycles. The third-order valence-corrected chi connectivity index (χ3v) is 3.95. The molecule has 1 N–H and O–H groups in total. The van der Waals surface area contributed by atoms with Gasteiger partial charge in [-0.3, -0.25) is 9.69 Å². The standard InChI is InChI=1S/C19H20N2O3/c1-13-7-9-16(10-8-13)24-17-6-4-3-5-15(17)12-21-18(22)11-14(2)20-19(21)23/h3-10,14H,11-12H2,1-2H3,(H,20,23)/t14-/m1/s1. The first-order valence-electron chi connectivity index (χ1n) is 7.96. The van der Waals surface area contributed by atoms with Crippen molar-refractivity contribution in [3.05, 3.63) is 59.7 Å². The summed E-state index contributed by atoms with van der Waals surface area (Å²) in [7, 11) is 0. The molecule has 0 saturated carbocycles. The lowest BCUT2D eigenvalue weighted by atomic mass is 10.1. The fourth-order valence-corrected chi connectivity index (χ4v) is 2.62. The van der Waals surface area contributed by atoms with Crippen LogP contribution in [0.5, 0.6) is 11.5 Å². The Morgan fingerprint density at radius 1 is 1.12 bits per heavy atom. The largest absolute Gasteiger partial charge is 0.457 e. The van der Waals surface area contributed by atoms with Gasteiger partial charge in [0.05, 0.1) is 6.54 Å². The van der Waals surface area contributed by atoms with Gasteiger partial charge in [-0.25, -0.2) is 4.79 Å². The number of rotatable bonds is 4. The minimum atomic E-state index is -0.358. The Morgan fingerprint density at radius 3 is 2.54 bits per heavy atom.